The van der Waals surface area contributed by atoms with Crippen molar-refractivity contribution in [1.29, 1.82) is 0 Å². The molecular formula is C21H22N4O4S2. The minimum atomic E-state index is -3.84. The molecule has 3 N–H and O–H groups in total. The smallest absolute Gasteiger partial charge is 0.234 e. The van der Waals surface area contributed by atoms with Gasteiger partial charge in [0.25, 0.3) is 0 Å². The number of para-hydroxylation sites is 2. The van der Waals surface area contributed by atoms with Crippen LogP contribution in [0.25, 0.3) is 0 Å². The fraction of sp³-hybridized carbons (Fsp3) is 0.190. The van der Waals surface area contributed by atoms with Crippen LogP contribution in [0.3, 0.4) is 0 Å². The predicted octanol–water partition coefficient (Wildman–Crippen LogP) is 3.33. The maximum absolute atomic E-state index is 12.8. The van der Waals surface area contributed by atoms with Gasteiger partial charge in [0, 0.05) is 0 Å². The highest BCUT2D eigenvalue weighted by atomic mass is 32.2. The van der Waals surface area contributed by atoms with Gasteiger partial charge in [0.15, 0.2) is 5.16 Å². The van der Waals surface area contributed by atoms with Crippen LogP contribution in [0.5, 0.6) is 5.75 Å². The van der Waals surface area contributed by atoms with E-state index in [1.165, 1.54) is 18.3 Å². The van der Waals surface area contributed by atoms with E-state index in [0.29, 0.717) is 18.0 Å². The van der Waals surface area contributed by atoms with E-state index in [2.05, 4.69) is 15.3 Å². The van der Waals surface area contributed by atoms with Gasteiger partial charge in [-0.3, -0.25) is 4.79 Å². The Morgan fingerprint density at radius 1 is 1.16 bits per heavy atom. The molecule has 1 aromatic heterocycles. The van der Waals surface area contributed by atoms with Gasteiger partial charge in [-0.1, -0.05) is 41.6 Å². The molecule has 0 spiro atoms. The first kappa shape index (κ1) is 22.6. The first-order valence-corrected chi connectivity index (χ1v) is 11.9. The SMILES string of the molecule is CCOc1ccccc1NC(=O)CSc1ncc(S(=O)(=O)c2ccc(C)cc2)c(N)n1. The van der Waals surface area contributed by atoms with Gasteiger partial charge in [-0.25, -0.2) is 18.4 Å². The number of benzene rings is 2. The average Bonchev–Trinajstić information content (AvgIpc) is 2.74. The number of hydrogen-bond acceptors (Lipinski definition) is 8. The lowest BCUT2D eigenvalue weighted by Gasteiger charge is -2.11. The summed E-state index contributed by atoms with van der Waals surface area (Å²) in [6, 6.07) is 13.6. The minimum Gasteiger partial charge on any atom is -0.492 e. The molecule has 31 heavy (non-hydrogen) atoms. The molecule has 0 aliphatic heterocycles. The number of sulfone groups is 1. The Bertz CT molecular complexity index is 1180. The summed E-state index contributed by atoms with van der Waals surface area (Å²) in [5.41, 5.74) is 7.40. The van der Waals surface area contributed by atoms with Gasteiger partial charge in [0.2, 0.25) is 15.7 Å². The normalized spacial score (nSPS) is 11.2. The first-order chi connectivity index (χ1) is 14.8. The van der Waals surface area contributed by atoms with Crippen molar-refractivity contribution in [2.24, 2.45) is 0 Å². The molecule has 8 nitrogen and oxygen atoms in total. The van der Waals surface area contributed by atoms with Gasteiger partial charge in [-0.2, -0.15) is 0 Å². The Kier molecular flexibility index (Phi) is 7.13. The number of hydrogen-bond donors (Lipinski definition) is 2. The van der Waals surface area contributed by atoms with Crippen LogP contribution in [0.2, 0.25) is 0 Å². The van der Waals surface area contributed by atoms with Crippen LogP contribution in [-0.2, 0) is 14.6 Å². The molecule has 162 valence electrons. The Morgan fingerprint density at radius 2 is 1.87 bits per heavy atom. The summed E-state index contributed by atoms with van der Waals surface area (Å²) in [5.74, 6) is 0.148. The zero-order chi connectivity index (χ0) is 22.4. The maximum atomic E-state index is 12.8. The zero-order valence-electron chi connectivity index (χ0n) is 17.0. The summed E-state index contributed by atoms with van der Waals surface area (Å²) >= 11 is 1.05. The van der Waals surface area contributed by atoms with E-state index in [0.717, 1.165) is 17.3 Å². The molecule has 2 aromatic carbocycles. The molecular weight excluding hydrogens is 436 g/mol. The van der Waals surface area contributed by atoms with E-state index in [1.54, 1.807) is 30.3 Å². The van der Waals surface area contributed by atoms with Crippen LogP contribution in [-0.4, -0.2) is 36.7 Å². The molecule has 0 aliphatic rings. The second kappa shape index (κ2) is 9.80. The summed E-state index contributed by atoms with van der Waals surface area (Å²) in [6.45, 7) is 4.21. The topological polar surface area (TPSA) is 124 Å². The van der Waals surface area contributed by atoms with E-state index >= 15 is 0 Å². The van der Waals surface area contributed by atoms with Crippen molar-refractivity contribution in [3.05, 3.63) is 60.3 Å². The average molecular weight is 459 g/mol. The summed E-state index contributed by atoms with van der Waals surface area (Å²) < 4.78 is 31.1. The van der Waals surface area contributed by atoms with Crippen molar-refractivity contribution >= 4 is 39.0 Å². The van der Waals surface area contributed by atoms with Gasteiger partial charge < -0.3 is 15.8 Å². The van der Waals surface area contributed by atoms with Gasteiger partial charge in [-0.15, -0.1) is 0 Å². The van der Waals surface area contributed by atoms with Gasteiger partial charge in [0.1, 0.15) is 16.5 Å². The molecule has 0 fully saturated rings. The largest absolute Gasteiger partial charge is 0.492 e. The summed E-state index contributed by atoms with van der Waals surface area (Å²) in [6.07, 6.45) is 1.17. The van der Waals surface area contributed by atoms with Crippen molar-refractivity contribution in [2.45, 2.75) is 28.8 Å². The molecule has 0 atom stereocenters. The number of nitrogens with one attached hydrogen (secondary N) is 1. The zero-order valence-corrected chi connectivity index (χ0v) is 18.7. The van der Waals surface area contributed by atoms with E-state index in [4.69, 9.17) is 10.5 Å². The van der Waals surface area contributed by atoms with E-state index in [9.17, 15) is 13.2 Å². The highest BCUT2D eigenvalue weighted by Gasteiger charge is 2.22. The summed E-state index contributed by atoms with van der Waals surface area (Å²) in [5, 5.41) is 2.98. The lowest BCUT2D eigenvalue weighted by Crippen LogP contribution is -2.15. The molecule has 0 aliphatic carbocycles. The molecule has 0 radical (unpaired) electrons. The molecule has 0 bridgehead atoms. The van der Waals surface area contributed by atoms with Gasteiger partial charge >= 0.3 is 0 Å². The number of nitrogen functional groups attached to an aromatic ring is 1. The number of nitrogens with zero attached hydrogens (tertiary/aromatic N) is 2. The van der Waals surface area contributed by atoms with Crippen LogP contribution < -0.4 is 15.8 Å². The summed E-state index contributed by atoms with van der Waals surface area (Å²) in [7, 11) is -3.84. The monoisotopic (exact) mass is 458 g/mol. The molecule has 1 amide bonds. The fourth-order valence-electron chi connectivity index (χ4n) is 2.66. The van der Waals surface area contributed by atoms with Crippen LogP contribution in [0.15, 0.2) is 69.7 Å². The minimum absolute atomic E-state index is 0.0178. The van der Waals surface area contributed by atoms with Crippen LogP contribution in [0.1, 0.15) is 12.5 Å². The Morgan fingerprint density at radius 3 is 2.55 bits per heavy atom. The molecule has 0 saturated carbocycles. The van der Waals surface area contributed by atoms with Crippen molar-refractivity contribution in [2.75, 3.05) is 23.4 Å². The van der Waals surface area contributed by atoms with E-state index in [-0.39, 0.29) is 32.4 Å². The molecule has 3 aromatic rings. The lowest BCUT2D eigenvalue weighted by molar-refractivity contribution is -0.113. The first-order valence-electron chi connectivity index (χ1n) is 9.40. The van der Waals surface area contributed by atoms with Crippen molar-refractivity contribution in [3.63, 3.8) is 0 Å². The van der Waals surface area contributed by atoms with Gasteiger partial charge in [-0.05, 0) is 38.1 Å². The number of nitrogens with two attached hydrogens (primary N) is 1. The number of carbonyl (C=O) groups excluding carboxylic acids is 1. The molecule has 1 heterocycles. The van der Waals surface area contributed by atoms with E-state index in [1.807, 2.05) is 19.9 Å². The van der Waals surface area contributed by atoms with Crippen molar-refractivity contribution in [3.8, 4) is 5.75 Å². The number of rotatable bonds is 8. The number of amides is 1. The predicted molar refractivity (Wildman–Crippen MR) is 120 cm³/mol. The lowest BCUT2D eigenvalue weighted by atomic mass is 10.2. The van der Waals surface area contributed by atoms with Crippen molar-refractivity contribution in [1.82, 2.24) is 9.97 Å². The second-order valence-electron chi connectivity index (χ2n) is 6.48. The highest BCUT2D eigenvalue weighted by Crippen LogP contribution is 2.27. The highest BCUT2D eigenvalue weighted by molar-refractivity contribution is 7.99. The standard InChI is InChI=1S/C21H22N4O4S2/c1-3-29-17-7-5-4-6-16(17)24-19(26)13-30-21-23-12-18(20(22)25-21)31(27,28)15-10-8-14(2)9-11-15/h4-12H,3,13H2,1-2H3,(H,24,26)(H2,22,23,25). The van der Waals surface area contributed by atoms with Crippen LogP contribution in [0.4, 0.5) is 11.5 Å². The Balaban J connectivity index is 1.68. The molecule has 0 saturated heterocycles. The number of aryl methyl sites for hydroxylation is 1. The Hall–Kier alpha value is -3.11. The van der Waals surface area contributed by atoms with Crippen LogP contribution in [0, 0.1) is 6.92 Å². The summed E-state index contributed by atoms with van der Waals surface area (Å²) in [4.78, 5) is 20.4. The third-order valence-corrected chi connectivity index (χ3v) is 6.82. The van der Waals surface area contributed by atoms with E-state index < -0.39 is 9.84 Å². The second-order valence-corrected chi connectivity index (χ2v) is 9.35. The quantitative estimate of drug-likeness (QED) is 0.389. The fourth-order valence-corrected chi connectivity index (χ4v) is 4.54. The third kappa shape index (κ3) is 5.53. The molecule has 0 unspecified atom stereocenters. The molecule has 3 rings (SSSR count). The van der Waals surface area contributed by atoms with Gasteiger partial charge in [0.05, 0.1) is 29.1 Å². The van der Waals surface area contributed by atoms with Crippen LogP contribution >= 0.6 is 11.8 Å². The number of thioether (sulfide) groups is 1. The number of carbonyl (C=O) groups is 1. The number of aromatic nitrogens is 2. The number of anilines is 2. The third-order valence-electron chi connectivity index (χ3n) is 4.17. The van der Waals surface area contributed by atoms with Crippen molar-refractivity contribution < 1.29 is 17.9 Å². The maximum Gasteiger partial charge on any atom is 0.234 e. The Labute approximate surface area is 185 Å². The number of ether oxygens (including phenoxy) is 1. The molecule has 10 heteroatoms.